The van der Waals surface area contributed by atoms with E-state index in [0.717, 1.165) is 17.8 Å². The quantitative estimate of drug-likeness (QED) is 0.641. The van der Waals surface area contributed by atoms with Gasteiger partial charge in [0, 0.05) is 37.7 Å². The molecule has 0 aliphatic carbocycles. The summed E-state index contributed by atoms with van der Waals surface area (Å²) in [5, 5.41) is 4.93. The molecular formula is C20H21ClN4O2S. The lowest BCUT2D eigenvalue weighted by molar-refractivity contribution is 0.181. The number of para-hydroxylation sites is 1. The Hall–Kier alpha value is -2.19. The Balaban J connectivity index is 1.42. The number of halogens is 1. The highest BCUT2D eigenvalue weighted by molar-refractivity contribution is 7.89. The maximum Gasteiger partial charge on any atom is 0.246 e. The van der Waals surface area contributed by atoms with Gasteiger partial charge in [-0.15, -0.1) is 0 Å². The van der Waals surface area contributed by atoms with E-state index in [-0.39, 0.29) is 4.90 Å². The van der Waals surface area contributed by atoms with Gasteiger partial charge in [-0.25, -0.2) is 13.1 Å². The number of nitrogens with zero attached hydrogens (tertiary/aromatic N) is 4. The summed E-state index contributed by atoms with van der Waals surface area (Å²) in [7, 11) is -3.55. The Morgan fingerprint density at radius 1 is 0.964 bits per heavy atom. The van der Waals surface area contributed by atoms with Gasteiger partial charge in [0.15, 0.2) is 0 Å². The number of aromatic nitrogens is 2. The maximum atomic E-state index is 13.0. The van der Waals surface area contributed by atoms with Gasteiger partial charge in [-0.05, 0) is 29.8 Å². The van der Waals surface area contributed by atoms with E-state index in [2.05, 4.69) is 10.00 Å². The monoisotopic (exact) mass is 416 g/mol. The maximum absolute atomic E-state index is 13.0. The normalized spacial score (nSPS) is 16.3. The standard InChI is InChI=1S/C20H21ClN4O2S/c21-18-6-4-5-17(13-18)15-23-9-11-24(12-10-23)28(26,27)20-14-22-25(16-20)19-7-2-1-3-8-19/h1-8,13-14,16H,9-12,15H2. The summed E-state index contributed by atoms with van der Waals surface area (Å²) in [4.78, 5) is 2.46. The van der Waals surface area contributed by atoms with E-state index in [0.29, 0.717) is 31.2 Å². The lowest BCUT2D eigenvalue weighted by Crippen LogP contribution is -2.48. The minimum atomic E-state index is -3.55. The van der Waals surface area contributed by atoms with Crippen molar-refractivity contribution < 1.29 is 8.42 Å². The van der Waals surface area contributed by atoms with Crippen LogP contribution in [0.5, 0.6) is 0 Å². The largest absolute Gasteiger partial charge is 0.296 e. The van der Waals surface area contributed by atoms with Crippen molar-refractivity contribution in [1.29, 1.82) is 0 Å². The van der Waals surface area contributed by atoms with Crippen LogP contribution in [0, 0.1) is 0 Å². The fourth-order valence-electron chi connectivity index (χ4n) is 3.33. The second kappa shape index (κ2) is 8.05. The van der Waals surface area contributed by atoms with Crippen LogP contribution < -0.4 is 0 Å². The number of benzene rings is 2. The van der Waals surface area contributed by atoms with Crippen molar-refractivity contribution in [2.24, 2.45) is 0 Å². The Labute approximate surface area is 170 Å². The first-order valence-corrected chi connectivity index (χ1v) is 10.9. The van der Waals surface area contributed by atoms with Gasteiger partial charge >= 0.3 is 0 Å². The molecule has 2 heterocycles. The van der Waals surface area contributed by atoms with E-state index in [4.69, 9.17) is 11.6 Å². The molecule has 0 radical (unpaired) electrons. The van der Waals surface area contributed by atoms with Crippen molar-refractivity contribution in [3.63, 3.8) is 0 Å². The van der Waals surface area contributed by atoms with Gasteiger partial charge in [-0.2, -0.15) is 9.40 Å². The number of hydrogen-bond donors (Lipinski definition) is 0. The molecule has 0 saturated carbocycles. The van der Waals surface area contributed by atoms with Gasteiger partial charge in [0.2, 0.25) is 10.0 Å². The molecule has 6 nitrogen and oxygen atoms in total. The van der Waals surface area contributed by atoms with Gasteiger partial charge in [-0.1, -0.05) is 41.9 Å². The van der Waals surface area contributed by atoms with E-state index in [1.165, 1.54) is 10.5 Å². The van der Waals surface area contributed by atoms with Crippen LogP contribution in [0.25, 0.3) is 5.69 Å². The molecule has 0 unspecified atom stereocenters. The van der Waals surface area contributed by atoms with Crippen LogP contribution in [0.2, 0.25) is 5.02 Å². The zero-order chi connectivity index (χ0) is 19.6. The first-order chi connectivity index (χ1) is 13.5. The van der Waals surface area contributed by atoms with Crippen LogP contribution in [-0.2, 0) is 16.6 Å². The van der Waals surface area contributed by atoms with Crippen LogP contribution in [0.3, 0.4) is 0 Å². The highest BCUT2D eigenvalue weighted by Crippen LogP contribution is 2.20. The molecule has 1 aliphatic rings. The highest BCUT2D eigenvalue weighted by Gasteiger charge is 2.29. The van der Waals surface area contributed by atoms with Crippen molar-refractivity contribution >= 4 is 21.6 Å². The first-order valence-electron chi connectivity index (χ1n) is 9.09. The molecule has 1 saturated heterocycles. The molecule has 1 aliphatic heterocycles. The Bertz CT molecular complexity index is 1040. The van der Waals surface area contributed by atoms with Gasteiger partial charge in [0.1, 0.15) is 4.90 Å². The Morgan fingerprint density at radius 3 is 2.43 bits per heavy atom. The molecule has 1 aromatic heterocycles. The molecule has 3 aromatic rings. The molecular weight excluding hydrogens is 396 g/mol. The second-order valence-electron chi connectivity index (χ2n) is 6.77. The molecule has 28 heavy (non-hydrogen) atoms. The summed E-state index contributed by atoms with van der Waals surface area (Å²) in [6.45, 7) is 3.04. The van der Waals surface area contributed by atoms with E-state index in [9.17, 15) is 8.42 Å². The summed E-state index contributed by atoms with van der Waals surface area (Å²) in [6, 6.07) is 17.2. The fourth-order valence-corrected chi connectivity index (χ4v) is 4.90. The van der Waals surface area contributed by atoms with E-state index in [1.54, 1.807) is 10.9 Å². The third-order valence-corrected chi connectivity index (χ3v) is 6.93. The molecule has 1 fully saturated rings. The van der Waals surface area contributed by atoms with Crippen LogP contribution >= 0.6 is 11.6 Å². The predicted molar refractivity (Wildman–Crippen MR) is 109 cm³/mol. The number of hydrogen-bond acceptors (Lipinski definition) is 4. The van der Waals surface area contributed by atoms with Gasteiger partial charge in [-0.3, -0.25) is 4.90 Å². The highest BCUT2D eigenvalue weighted by atomic mass is 35.5. The summed E-state index contributed by atoms with van der Waals surface area (Å²) in [6.07, 6.45) is 2.99. The SMILES string of the molecule is O=S(=O)(c1cnn(-c2ccccc2)c1)N1CCN(Cc2cccc(Cl)c2)CC1. The summed E-state index contributed by atoms with van der Waals surface area (Å²) in [5.41, 5.74) is 1.96. The van der Waals surface area contributed by atoms with Crippen molar-refractivity contribution in [2.45, 2.75) is 11.4 Å². The number of piperazine rings is 1. The summed E-state index contributed by atoms with van der Waals surface area (Å²) < 4.78 is 29.1. The zero-order valence-corrected chi connectivity index (χ0v) is 16.9. The van der Waals surface area contributed by atoms with E-state index >= 15 is 0 Å². The third kappa shape index (κ3) is 4.12. The van der Waals surface area contributed by atoms with E-state index < -0.39 is 10.0 Å². The minimum Gasteiger partial charge on any atom is -0.296 e. The van der Waals surface area contributed by atoms with Crippen molar-refractivity contribution in [3.8, 4) is 5.69 Å². The van der Waals surface area contributed by atoms with Gasteiger partial charge in [0.05, 0.1) is 18.1 Å². The fraction of sp³-hybridized carbons (Fsp3) is 0.250. The molecule has 0 spiro atoms. The van der Waals surface area contributed by atoms with Crippen LogP contribution in [0.4, 0.5) is 0 Å². The minimum absolute atomic E-state index is 0.222. The number of rotatable bonds is 5. The third-order valence-electron chi connectivity index (χ3n) is 4.84. The van der Waals surface area contributed by atoms with Crippen molar-refractivity contribution in [2.75, 3.05) is 26.2 Å². The predicted octanol–water partition coefficient (Wildman–Crippen LogP) is 3.03. The van der Waals surface area contributed by atoms with Crippen molar-refractivity contribution in [1.82, 2.24) is 19.0 Å². The first kappa shape index (κ1) is 19.1. The summed E-state index contributed by atoms with van der Waals surface area (Å²) >= 11 is 6.05. The molecule has 0 atom stereocenters. The van der Waals surface area contributed by atoms with Crippen LogP contribution in [0.1, 0.15) is 5.56 Å². The van der Waals surface area contributed by atoms with E-state index in [1.807, 2.05) is 54.6 Å². The van der Waals surface area contributed by atoms with Gasteiger partial charge in [0.25, 0.3) is 0 Å². The topological polar surface area (TPSA) is 58.4 Å². The summed E-state index contributed by atoms with van der Waals surface area (Å²) in [5.74, 6) is 0. The zero-order valence-electron chi connectivity index (χ0n) is 15.3. The lowest BCUT2D eigenvalue weighted by Gasteiger charge is -2.33. The molecule has 146 valence electrons. The molecule has 8 heteroatoms. The molecule has 0 amide bonds. The lowest BCUT2D eigenvalue weighted by atomic mass is 10.2. The van der Waals surface area contributed by atoms with Crippen LogP contribution in [-0.4, -0.2) is 53.6 Å². The molecule has 0 bridgehead atoms. The molecule has 4 rings (SSSR count). The Morgan fingerprint density at radius 2 is 1.71 bits per heavy atom. The van der Waals surface area contributed by atoms with Crippen molar-refractivity contribution in [3.05, 3.63) is 77.6 Å². The van der Waals surface area contributed by atoms with Gasteiger partial charge < -0.3 is 0 Å². The Kier molecular flexibility index (Phi) is 5.50. The molecule has 0 N–H and O–H groups in total. The average Bonchev–Trinajstić information content (AvgIpc) is 3.20. The smallest absolute Gasteiger partial charge is 0.246 e. The van der Waals surface area contributed by atoms with Crippen LogP contribution in [0.15, 0.2) is 71.9 Å². The second-order valence-corrected chi connectivity index (χ2v) is 9.14. The average molecular weight is 417 g/mol. The molecule has 2 aromatic carbocycles. The number of sulfonamides is 1.